The minimum Gasteiger partial charge on any atom is -0.494 e. The second-order valence-electron chi connectivity index (χ2n) is 5.56. The third-order valence-corrected chi connectivity index (χ3v) is 3.49. The first-order valence-corrected chi connectivity index (χ1v) is 8.52. The average molecular weight is 353 g/mol. The van der Waals surface area contributed by atoms with Gasteiger partial charge in [-0.1, -0.05) is 30.3 Å². The molecule has 0 bridgehead atoms. The normalized spacial score (nSPS) is 10.5. The molecule has 26 heavy (non-hydrogen) atoms. The van der Waals surface area contributed by atoms with Gasteiger partial charge in [0.25, 0.3) is 0 Å². The monoisotopic (exact) mass is 353 g/mol. The molecule has 0 atom stereocenters. The summed E-state index contributed by atoms with van der Waals surface area (Å²) in [5.41, 5.74) is 4.31. The lowest BCUT2D eigenvalue weighted by Gasteiger charge is -2.05. The molecule has 2 aromatic rings. The summed E-state index contributed by atoms with van der Waals surface area (Å²) in [5, 5.41) is 6.58. The summed E-state index contributed by atoms with van der Waals surface area (Å²) in [4.78, 5) is 23.4. The number of amides is 2. The zero-order valence-corrected chi connectivity index (χ0v) is 14.8. The summed E-state index contributed by atoms with van der Waals surface area (Å²) in [6.45, 7) is 3.02. The average Bonchev–Trinajstić information content (AvgIpc) is 2.64. The minimum atomic E-state index is -0.454. The van der Waals surface area contributed by atoms with E-state index >= 15 is 0 Å². The highest BCUT2D eigenvalue weighted by Crippen LogP contribution is 2.10. The SMILES string of the molecule is CCOc1ccc(C=NNC(=O)CC(=O)NCCc2ccccc2)cc1. The Morgan fingerprint density at radius 3 is 2.46 bits per heavy atom. The summed E-state index contributed by atoms with van der Waals surface area (Å²) in [6.07, 6.45) is 1.99. The molecule has 0 unspecified atom stereocenters. The van der Waals surface area contributed by atoms with Gasteiger partial charge in [0.05, 0.1) is 12.8 Å². The van der Waals surface area contributed by atoms with Crippen molar-refractivity contribution in [2.24, 2.45) is 5.10 Å². The van der Waals surface area contributed by atoms with Gasteiger partial charge in [-0.3, -0.25) is 9.59 Å². The Morgan fingerprint density at radius 1 is 1.04 bits per heavy atom. The lowest BCUT2D eigenvalue weighted by atomic mass is 10.1. The minimum absolute atomic E-state index is 0.255. The number of benzene rings is 2. The molecule has 136 valence electrons. The number of rotatable bonds is 9. The highest BCUT2D eigenvalue weighted by molar-refractivity contribution is 5.97. The molecule has 0 aliphatic carbocycles. The molecule has 6 nitrogen and oxygen atoms in total. The summed E-state index contributed by atoms with van der Waals surface area (Å²) in [7, 11) is 0. The van der Waals surface area contributed by atoms with Crippen molar-refractivity contribution in [3.8, 4) is 5.75 Å². The van der Waals surface area contributed by atoms with E-state index < -0.39 is 5.91 Å². The molecule has 0 saturated carbocycles. The Kier molecular flexibility index (Phi) is 7.86. The Hall–Kier alpha value is -3.15. The molecule has 2 rings (SSSR count). The van der Waals surface area contributed by atoms with E-state index in [0.717, 1.165) is 23.3 Å². The fraction of sp³-hybridized carbons (Fsp3) is 0.250. The first-order valence-electron chi connectivity index (χ1n) is 8.52. The van der Waals surface area contributed by atoms with Crippen LogP contribution in [0.15, 0.2) is 59.7 Å². The molecule has 0 fully saturated rings. The van der Waals surface area contributed by atoms with Crippen molar-refractivity contribution in [3.63, 3.8) is 0 Å². The van der Waals surface area contributed by atoms with Crippen molar-refractivity contribution in [2.75, 3.05) is 13.2 Å². The molecule has 0 saturated heterocycles. The third kappa shape index (κ3) is 7.17. The highest BCUT2D eigenvalue weighted by Gasteiger charge is 2.07. The molecule has 2 N–H and O–H groups in total. The van der Waals surface area contributed by atoms with Crippen molar-refractivity contribution in [1.82, 2.24) is 10.7 Å². The van der Waals surface area contributed by atoms with Gasteiger partial charge in [-0.15, -0.1) is 0 Å². The maximum atomic E-state index is 11.7. The van der Waals surface area contributed by atoms with Crippen LogP contribution < -0.4 is 15.5 Å². The predicted molar refractivity (Wildman–Crippen MR) is 101 cm³/mol. The van der Waals surface area contributed by atoms with Crippen molar-refractivity contribution < 1.29 is 14.3 Å². The van der Waals surface area contributed by atoms with Crippen LogP contribution in [-0.2, 0) is 16.0 Å². The molecule has 6 heteroatoms. The molecular formula is C20H23N3O3. The van der Waals surface area contributed by atoms with Crippen LogP contribution in [0.25, 0.3) is 0 Å². The number of carbonyl (C=O) groups excluding carboxylic acids is 2. The highest BCUT2D eigenvalue weighted by atomic mass is 16.5. The molecule has 0 radical (unpaired) electrons. The van der Waals surface area contributed by atoms with E-state index in [0.29, 0.717) is 13.2 Å². The molecule has 0 heterocycles. The smallest absolute Gasteiger partial charge is 0.249 e. The number of ether oxygens (including phenoxy) is 1. The molecular weight excluding hydrogens is 330 g/mol. The van der Waals surface area contributed by atoms with E-state index in [9.17, 15) is 9.59 Å². The Bertz CT molecular complexity index is 728. The first-order chi connectivity index (χ1) is 12.7. The van der Waals surface area contributed by atoms with Crippen molar-refractivity contribution in [2.45, 2.75) is 19.8 Å². The Balaban J connectivity index is 1.66. The van der Waals surface area contributed by atoms with E-state index in [1.807, 2.05) is 61.5 Å². The van der Waals surface area contributed by atoms with E-state index in [-0.39, 0.29) is 12.3 Å². The maximum Gasteiger partial charge on any atom is 0.249 e. The van der Waals surface area contributed by atoms with Gasteiger partial charge < -0.3 is 10.1 Å². The van der Waals surface area contributed by atoms with E-state index in [4.69, 9.17) is 4.74 Å². The molecule has 0 aliphatic heterocycles. The van der Waals surface area contributed by atoms with Gasteiger partial charge in [0.2, 0.25) is 11.8 Å². The van der Waals surface area contributed by atoms with Gasteiger partial charge >= 0.3 is 0 Å². The lowest BCUT2D eigenvalue weighted by molar-refractivity contribution is -0.129. The van der Waals surface area contributed by atoms with Crippen LogP contribution >= 0.6 is 0 Å². The van der Waals surface area contributed by atoms with Crippen LogP contribution in [0.4, 0.5) is 0 Å². The zero-order chi connectivity index (χ0) is 18.6. The standard InChI is InChI=1S/C20H23N3O3/c1-2-26-18-10-8-17(9-11-18)15-22-23-20(25)14-19(24)21-13-12-16-6-4-3-5-7-16/h3-11,15H,2,12-14H2,1H3,(H,21,24)(H,23,25). The van der Waals surface area contributed by atoms with Gasteiger partial charge in [0.1, 0.15) is 12.2 Å². The van der Waals surface area contributed by atoms with Gasteiger partial charge in [0, 0.05) is 6.54 Å². The number of hydrogen-bond donors (Lipinski definition) is 2. The quantitative estimate of drug-likeness (QED) is 0.412. The predicted octanol–water partition coefficient (Wildman–Crippen LogP) is 2.28. The van der Waals surface area contributed by atoms with Gasteiger partial charge in [-0.2, -0.15) is 5.10 Å². The third-order valence-electron chi connectivity index (χ3n) is 3.49. The molecule has 2 amide bonds. The van der Waals surface area contributed by atoms with Crippen LogP contribution in [0.3, 0.4) is 0 Å². The number of hydrogen-bond acceptors (Lipinski definition) is 4. The fourth-order valence-electron chi connectivity index (χ4n) is 2.23. The summed E-state index contributed by atoms with van der Waals surface area (Å²) in [5.74, 6) is -0.0000413. The molecule has 0 aromatic heterocycles. The van der Waals surface area contributed by atoms with Gasteiger partial charge in [-0.05, 0) is 48.7 Å². The van der Waals surface area contributed by atoms with Crippen LogP contribution in [0.2, 0.25) is 0 Å². The van der Waals surface area contributed by atoms with Crippen molar-refractivity contribution in [1.29, 1.82) is 0 Å². The van der Waals surface area contributed by atoms with E-state index in [1.54, 1.807) is 0 Å². The zero-order valence-electron chi connectivity index (χ0n) is 14.8. The van der Waals surface area contributed by atoms with Crippen molar-refractivity contribution >= 4 is 18.0 Å². The van der Waals surface area contributed by atoms with Gasteiger partial charge in [-0.25, -0.2) is 5.43 Å². The second-order valence-corrected chi connectivity index (χ2v) is 5.56. The van der Waals surface area contributed by atoms with E-state index in [2.05, 4.69) is 15.8 Å². The maximum absolute atomic E-state index is 11.7. The topological polar surface area (TPSA) is 79.8 Å². The lowest BCUT2D eigenvalue weighted by Crippen LogP contribution is -2.31. The summed E-state index contributed by atoms with van der Waals surface area (Å²) < 4.78 is 5.35. The molecule has 0 spiro atoms. The fourth-order valence-corrected chi connectivity index (χ4v) is 2.23. The summed E-state index contributed by atoms with van der Waals surface area (Å²) >= 11 is 0. The largest absolute Gasteiger partial charge is 0.494 e. The Labute approximate surface area is 153 Å². The van der Waals surface area contributed by atoms with Crippen LogP contribution in [-0.4, -0.2) is 31.2 Å². The number of hydrazone groups is 1. The van der Waals surface area contributed by atoms with Crippen LogP contribution in [0.5, 0.6) is 5.75 Å². The number of nitrogens with one attached hydrogen (secondary N) is 2. The molecule has 0 aliphatic rings. The Morgan fingerprint density at radius 2 is 1.77 bits per heavy atom. The van der Waals surface area contributed by atoms with E-state index in [1.165, 1.54) is 6.21 Å². The number of carbonyl (C=O) groups is 2. The molecule has 2 aromatic carbocycles. The van der Waals surface area contributed by atoms with Crippen molar-refractivity contribution in [3.05, 3.63) is 65.7 Å². The van der Waals surface area contributed by atoms with Crippen LogP contribution in [0, 0.1) is 0 Å². The first kappa shape index (κ1) is 19.2. The second kappa shape index (κ2) is 10.7. The van der Waals surface area contributed by atoms with Crippen LogP contribution in [0.1, 0.15) is 24.5 Å². The number of nitrogens with zero attached hydrogens (tertiary/aromatic N) is 1. The van der Waals surface area contributed by atoms with Gasteiger partial charge in [0.15, 0.2) is 0 Å². The summed E-state index contributed by atoms with van der Waals surface area (Å²) in [6, 6.07) is 17.1.